The molecule has 0 aliphatic rings. The second kappa shape index (κ2) is 12.3. The highest BCUT2D eigenvalue weighted by Gasteiger charge is 2.12. The molecule has 0 aliphatic heterocycles. The van der Waals surface area contributed by atoms with Gasteiger partial charge >= 0.3 is 0 Å². The first-order valence-corrected chi connectivity index (χ1v) is 9.71. The third kappa shape index (κ3) is 9.54. The average molecular weight is 338 g/mol. The lowest BCUT2D eigenvalue weighted by atomic mass is 10.0. The van der Waals surface area contributed by atoms with Crippen LogP contribution in [0.15, 0.2) is 29.2 Å². The predicted octanol–water partition coefficient (Wildman–Crippen LogP) is 5.68. The molecule has 0 fully saturated rings. The topological polar surface area (TPSA) is 49.3 Å². The van der Waals surface area contributed by atoms with Gasteiger partial charge in [0, 0.05) is 10.8 Å². The Hall–Kier alpha value is -1.16. The third-order valence-corrected chi connectivity index (χ3v) is 4.86. The summed E-state index contributed by atoms with van der Waals surface area (Å²) in [5.74, 6) is 0.384. The first kappa shape index (κ1) is 19.9. The zero-order valence-corrected chi connectivity index (χ0v) is 15.3. The Bertz CT molecular complexity index is 434. The van der Waals surface area contributed by atoms with Gasteiger partial charge in [0.1, 0.15) is 5.75 Å². The molecule has 0 aliphatic carbocycles. The van der Waals surface area contributed by atoms with Crippen molar-refractivity contribution in [1.82, 2.24) is 4.72 Å². The van der Waals surface area contributed by atoms with Gasteiger partial charge in [-0.05, 0) is 42.6 Å². The molecule has 1 unspecified atom stereocenters. The summed E-state index contributed by atoms with van der Waals surface area (Å²) < 4.78 is 2.89. The maximum Gasteiger partial charge on any atom is 0.232 e. The minimum Gasteiger partial charge on any atom is -0.508 e. The number of hydrogen-bond donors (Lipinski definition) is 2. The van der Waals surface area contributed by atoms with Crippen LogP contribution < -0.4 is 4.72 Å². The molecule has 0 saturated heterocycles. The summed E-state index contributed by atoms with van der Waals surface area (Å²) in [6, 6.07) is 6.84. The molecule has 0 heterocycles. The van der Waals surface area contributed by atoms with Gasteiger partial charge in [0.15, 0.2) is 0 Å². The van der Waals surface area contributed by atoms with Gasteiger partial charge in [-0.15, -0.1) is 0 Å². The van der Waals surface area contributed by atoms with E-state index in [1.807, 2.05) is 6.92 Å². The summed E-state index contributed by atoms with van der Waals surface area (Å²) >= 11 is 1.31. The Kier molecular flexibility index (Phi) is 10.6. The molecule has 0 radical (unpaired) electrons. The molecule has 23 heavy (non-hydrogen) atoms. The van der Waals surface area contributed by atoms with E-state index in [1.165, 1.54) is 56.9 Å². The Morgan fingerprint density at radius 1 is 1.04 bits per heavy atom. The quantitative estimate of drug-likeness (QED) is 0.381. The molecule has 2 N–H and O–H groups in total. The van der Waals surface area contributed by atoms with Gasteiger partial charge in [-0.2, -0.15) is 0 Å². The lowest BCUT2D eigenvalue weighted by Crippen LogP contribution is -2.23. The van der Waals surface area contributed by atoms with Crippen LogP contribution in [0.2, 0.25) is 0 Å². The summed E-state index contributed by atoms with van der Waals surface area (Å²) in [5.41, 5.74) is 0. The molecule has 0 saturated carbocycles. The molecule has 1 amide bonds. The van der Waals surface area contributed by atoms with Crippen LogP contribution >= 0.6 is 11.9 Å². The summed E-state index contributed by atoms with van der Waals surface area (Å²) in [6.07, 6.45) is 11.3. The fraction of sp³-hybridized carbons (Fsp3) is 0.632. The van der Waals surface area contributed by atoms with Crippen molar-refractivity contribution in [2.45, 2.75) is 76.5 Å². The second-order valence-corrected chi connectivity index (χ2v) is 7.11. The highest BCUT2D eigenvalue weighted by atomic mass is 32.2. The van der Waals surface area contributed by atoms with E-state index in [0.717, 1.165) is 17.7 Å². The van der Waals surface area contributed by atoms with Crippen molar-refractivity contribution < 1.29 is 9.90 Å². The van der Waals surface area contributed by atoms with Crippen molar-refractivity contribution in [3.63, 3.8) is 0 Å². The molecule has 130 valence electrons. The van der Waals surface area contributed by atoms with E-state index in [9.17, 15) is 9.90 Å². The number of amides is 1. The van der Waals surface area contributed by atoms with Crippen molar-refractivity contribution in [2.75, 3.05) is 0 Å². The zero-order valence-electron chi connectivity index (χ0n) is 14.5. The first-order chi connectivity index (χ1) is 11.1. The Morgan fingerprint density at radius 3 is 2.22 bits per heavy atom. The molecular formula is C19H31NO2S. The van der Waals surface area contributed by atoms with Crippen molar-refractivity contribution in [1.29, 1.82) is 0 Å². The molecule has 0 spiro atoms. The summed E-state index contributed by atoms with van der Waals surface area (Å²) in [6.45, 7) is 4.24. The lowest BCUT2D eigenvalue weighted by Gasteiger charge is -2.11. The minimum absolute atomic E-state index is 0.0553. The molecular weight excluding hydrogens is 306 g/mol. The van der Waals surface area contributed by atoms with Gasteiger partial charge in [-0.25, -0.2) is 0 Å². The number of carbonyl (C=O) groups excluding carboxylic acids is 1. The van der Waals surface area contributed by atoms with Crippen LogP contribution in [-0.4, -0.2) is 11.0 Å². The van der Waals surface area contributed by atoms with Gasteiger partial charge in [-0.3, -0.25) is 9.52 Å². The SMILES string of the molecule is CCCCCCCCCCC(C)C(=O)NSc1ccc(O)cc1. The number of rotatable bonds is 12. The monoisotopic (exact) mass is 337 g/mol. The highest BCUT2D eigenvalue weighted by Crippen LogP contribution is 2.19. The Balaban J connectivity index is 2.06. The molecule has 1 aromatic rings. The largest absolute Gasteiger partial charge is 0.508 e. The van der Waals surface area contributed by atoms with Crippen LogP contribution in [0.4, 0.5) is 0 Å². The highest BCUT2D eigenvalue weighted by molar-refractivity contribution is 7.98. The van der Waals surface area contributed by atoms with Crippen molar-refractivity contribution in [2.24, 2.45) is 5.92 Å². The van der Waals surface area contributed by atoms with E-state index < -0.39 is 0 Å². The average Bonchev–Trinajstić information content (AvgIpc) is 2.56. The van der Waals surface area contributed by atoms with Crippen LogP contribution in [-0.2, 0) is 4.79 Å². The van der Waals surface area contributed by atoms with Gasteiger partial charge in [0.2, 0.25) is 5.91 Å². The van der Waals surface area contributed by atoms with Crippen molar-refractivity contribution in [3.05, 3.63) is 24.3 Å². The van der Waals surface area contributed by atoms with Crippen LogP contribution in [0.25, 0.3) is 0 Å². The van der Waals surface area contributed by atoms with Crippen LogP contribution in [0.5, 0.6) is 5.75 Å². The Labute approximate surface area is 145 Å². The molecule has 1 aromatic carbocycles. The number of hydrogen-bond acceptors (Lipinski definition) is 3. The fourth-order valence-electron chi connectivity index (χ4n) is 2.44. The van der Waals surface area contributed by atoms with Crippen molar-refractivity contribution >= 4 is 17.9 Å². The van der Waals surface area contributed by atoms with E-state index in [4.69, 9.17) is 0 Å². The molecule has 1 rings (SSSR count). The van der Waals surface area contributed by atoms with E-state index in [1.54, 1.807) is 24.3 Å². The maximum absolute atomic E-state index is 12.0. The number of phenols is 1. The predicted molar refractivity (Wildman–Crippen MR) is 98.5 cm³/mol. The summed E-state index contributed by atoms with van der Waals surface area (Å²) in [5, 5.41) is 9.23. The van der Waals surface area contributed by atoms with E-state index >= 15 is 0 Å². The zero-order chi connectivity index (χ0) is 16.9. The number of phenolic OH excluding ortho intramolecular Hbond substituents is 1. The summed E-state index contributed by atoms with van der Waals surface area (Å²) in [4.78, 5) is 13.0. The Morgan fingerprint density at radius 2 is 1.61 bits per heavy atom. The first-order valence-electron chi connectivity index (χ1n) is 8.89. The van der Waals surface area contributed by atoms with Crippen molar-refractivity contribution in [3.8, 4) is 5.75 Å². The normalized spacial score (nSPS) is 12.1. The number of aromatic hydroxyl groups is 1. The second-order valence-electron chi connectivity index (χ2n) is 6.23. The molecule has 0 bridgehead atoms. The van der Waals surface area contributed by atoms with Gasteiger partial charge in [0.05, 0.1) is 0 Å². The molecule has 1 atom stereocenters. The minimum atomic E-state index is 0.0553. The van der Waals surface area contributed by atoms with Gasteiger partial charge in [0.25, 0.3) is 0 Å². The molecule has 3 nitrogen and oxygen atoms in total. The molecule has 4 heteroatoms. The van der Waals surface area contributed by atoms with E-state index in [2.05, 4.69) is 11.6 Å². The number of unbranched alkanes of at least 4 members (excludes halogenated alkanes) is 7. The number of benzene rings is 1. The molecule has 0 aromatic heterocycles. The van der Waals surface area contributed by atoms with Gasteiger partial charge in [-0.1, -0.05) is 65.2 Å². The van der Waals surface area contributed by atoms with Crippen LogP contribution in [0.3, 0.4) is 0 Å². The number of carbonyl (C=O) groups is 1. The van der Waals surface area contributed by atoms with Crippen LogP contribution in [0.1, 0.15) is 71.6 Å². The lowest BCUT2D eigenvalue weighted by molar-refractivity contribution is -0.122. The maximum atomic E-state index is 12.0. The van der Waals surface area contributed by atoms with E-state index in [-0.39, 0.29) is 17.6 Å². The number of nitrogens with one attached hydrogen (secondary N) is 1. The van der Waals surface area contributed by atoms with E-state index in [0.29, 0.717) is 0 Å². The smallest absolute Gasteiger partial charge is 0.232 e. The fourth-order valence-corrected chi connectivity index (χ4v) is 3.13. The van der Waals surface area contributed by atoms with Gasteiger partial charge < -0.3 is 5.11 Å². The standard InChI is InChI=1S/C19H31NO2S/c1-3-4-5-6-7-8-9-10-11-16(2)19(22)20-23-18-14-12-17(21)13-15-18/h12-16,21H,3-11H2,1-2H3,(H,20,22). The summed E-state index contributed by atoms with van der Waals surface area (Å²) in [7, 11) is 0. The van der Waals surface area contributed by atoms with Crippen LogP contribution in [0, 0.1) is 5.92 Å². The third-order valence-electron chi connectivity index (χ3n) is 4.04.